The van der Waals surface area contributed by atoms with Crippen LogP contribution in [0, 0.1) is 5.92 Å². The molecule has 148 valence electrons. The highest BCUT2D eigenvalue weighted by Crippen LogP contribution is 2.17. The lowest BCUT2D eigenvalue weighted by molar-refractivity contribution is -0.125. The highest BCUT2D eigenvalue weighted by Gasteiger charge is 2.28. The van der Waals surface area contributed by atoms with Gasteiger partial charge in [-0.2, -0.15) is 5.10 Å². The molecule has 0 bridgehead atoms. The predicted molar refractivity (Wildman–Crippen MR) is 101 cm³/mol. The number of nitrogens with zero attached hydrogens (tertiary/aromatic N) is 3. The maximum Gasteiger partial charge on any atom is 0.224 e. The molecule has 2 heterocycles. The fourth-order valence-corrected chi connectivity index (χ4v) is 4.71. The van der Waals surface area contributed by atoms with Crippen LogP contribution in [0.5, 0.6) is 0 Å². The van der Waals surface area contributed by atoms with E-state index in [0.29, 0.717) is 50.5 Å². The molecule has 26 heavy (non-hydrogen) atoms. The maximum absolute atomic E-state index is 12.5. The van der Waals surface area contributed by atoms with Gasteiger partial charge in [0.15, 0.2) is 0 Å². The van der Waals surface area contributed by atoms with Gasteiger partial charge in [-0.1, -0.05) is 18.5 Å². The number of halogens is 1. The number of hydrogen-bond acceptors (Lipinski definition) is 5. The van der Waals surface area contributed by atoms with Gasteiger partial charge in [0.1, 0.15) is 0 Å². The van der Waals surface area contributed by atoms with Crippen molar-refractivity contribution in [2.24, 2.45) is 5.92 Å². The topological polar surface area (TPSA) is 96.3 Å². The molecule has 1 amide bonds. The molecule has 2 rings (SSSR count). The fourth-order valence-electron chi connectivity index (χ4n) is 3.20. The van der Waals surface area contributed by atoms with E-state index in [9.17, 15) is 13.2 Å². The first kappa shape index (κ1) is 21.1. The Morgan fingerprint density at radius 1 is 1.38 bits per heavy atom. The molecule has 2 N–H and O–H groups in total. The van der Waals surface area contributed by atoms with Crippen molar-refractivity contribution in [3.8, 4) is 0 Å². The minimum Gasteiger partial charge on any atom is -0.354 e. The standard InChI is InChI=1S/C16H28ClN5O3S/c1-3-8-26(24,25)20-15-5-4-13(10-21(2)12-15)16(23)18-6-7-22-11-14(17)9-19-22/h9,11,13,15,20H,3-8,10,12H2,1-2H3,(H,18,23)/t13-,15+/m1/s1. The number of amides is 1. The summed E-state index contributed by atoms with van der Waals surface area (Å²) in [5, 5.41) is 7.57. The molecule has 0 spiro atoms. The van der Waals surface area contributed by atoms with E-state index in [1.54, 1.807) is 17.1 Å². The molecule has 10 heteroatoms. The summed E-state index contributed by atoms with van der Waals surface area (Å²) in [6.45, 7) is 4.10. The fraction of sp³-hybridized carbons (Fsp3) is 0.750. The van der Waals surface area contributed by atoms with Crippen LogP contribution in [0.4, 0.5) is 0 Å². The van der Waals surface area contributed by atoms with E-state index in [2.05, 4.69) is 15.1 Å². The Morgan fingerprint density at radius 2 is 2.15 bits per heavy atom. The summed E-state index contributed by atoms with van der Waals surface area (Å²) in [6.07, 6.45) is 5.16. The lowest BCUT2D eigenvalue weighted by Gasteiger charge is -2.21. The number of likely N-dealkylation sites (tertiary alicyclic amines) is 1. The first-order valence-corrected chi connectivity index (χ1v) is 11.0. The number of carbonyl (C=O) groups is 1. The quantitative estimate of drug-likeness (QED) is 0.663. The molecule has 1 aromatic heterocycles. The molecule has 0 unspecified atom stereocenters. The van der Waals surface area contributed by atoms with E-state index in [-0.39, 0.29) is 23.6 Å². The van der Waals surface area contributed by atoms with Gasteiger partial charge >= 0.3 is 0 Å². The van der Waals surface area contributed by atoms with Crippen LogP contribution in [0.15, 0.2) is 12.4 Å². The summed E-state index contributed by atoms with van der Waals surface area (Å²) in [7, 11) is -1.33. The minimum atomic E-state index is -3.25. The Hall–Kier alpha value is -1.16. The van der Waals surface area contributed by atoms with Gasteiger partial charge in [-0.25, -0.2) is 13.1 Å². The van der Waals surface area contributed by atoms with Gasteiger partial charge in [-0.15, -0.1) is 0 Å². The lowest BCUT2D eigenvalue weighted by atomic mass is 10.0. The summed E-state index contributed by atoms with van der Waals surface area (Å²) < 4.78 is 28.4. The average Bonchev–Trinajstić information content (AvgIpc) is 2.86. The second kappa shape index (κ2) is 9.68. The summed E-state index contributed by atoms with van der Waals surface area (Å²) in [4.78, 5) is 14.5. The monoisotopic (exact) mass is 405 g/mol. The molecule has 1 fully saturated rings. The molecule has 1 aliphatic rings. The van der Waals surface area contributed by atoms with Gasteiger partial charge in [-0.3, -0.25) is 9.48 Å². The van der Waals surface area contributed by atoms with E-state index < -0.39 is 10.0 Å². The van der Waals surface area contributed by atoms with Crippen molar-refractivity contribution in [1.82, 2.24) is 24.7 Å². The highest BCUT2D eigenvalue weighted by atomic mass is 35.5. The maximum atomic E-state index is 12.5. The van der Waals surface area contributed by atoms with Crippen molar-refractivity contribution < 1.29 is 13.2 Å². The minimum absolute atomic E-state index is 0.00725. The van der Waals surface area contributed by atoms with Crippen LogP contribution in [0.1, 0.15) is 26.2 Å². The largest absolute Gasteiger partial charge is 0.354 e. The number of carbonyl (C=O) groups excluding carboxylic acids is 1. The van der Waals surface area contributed by atoms with E-state index in [1.165, 1.54) is 0 Å². The lowest BCUT2D eigenvalue weighted by Crippen LogP contribution is -2.42. The molecular weight excluding hydrogens is 378 g/mol. The van der Waals surface area contributed by atoms with Gasteiger partial charge in [-0.05, 0) is 26.3 Å². The van der Waals surface area contributed by atoms with Crippen LogP contribution in [0.2, 0.25) is 5.02 Å². The first-order chi connectivity index (χ1) is 12.3. The van der Waals surface area contributed by atoms with E-state index in [1.807, 2.05) is 18.9 Å². The van der Waals surface area contributed by atoms with Crippen LogP contribution in [-0.2, 0) is 21.4 Å². The summed E-state index contributed by atoms with van der Waals surface area (Å²) in [6, 6.07) is -0.152. The van der Waals surface area contributed by atoms with Crippen molar-refractivity contribution in [3.63, 3.8) is 0 Å². The van der Waals surface area contributed by atoms with Crippen molar-refractivity contribution >= 4 is 27.5 Å². The SMILES string of the molecule is CCCS(=O)(=O)N[C@H]1CC[C@@H](C(=O)NCCn2cc(Cl)cn2)CN(C)C1. The van der Waals surface area contributed by atoms with Gasteiger partial charge < -0.3 is 10.2 Å². The molecule has 8 nitrogen and oxygen atoms in total. The Labute approximate surface area is 160 Å². The van der Waals surface area contributed by atoms with E-state index >= 15 is 0 Å². The zero-order chi connectivity index (χ0) is 19.2. The molecular formula is C16H28ClN5O3S. The molecule has 1 saturated heterocycles. The number of rotatable bonds is 8. The highest BCUT2D eigenvalue weighted by molar-refractivity contribution is 7.89. The third-order valence-corrected chi connectivity index (χ3v) is 6.19. The summed E-state index contributed by atoms with van der Waals surface area (Å²) in [5.74, 6) is -0.0248. The Balaban J connectivity index is 1.81. The molecule has 1 aromatic rings. The second-order valence-corrected chi connectivity index (χ2v) is 9.15. The van der Waals surface area contributed by atoms with E-state index in [0.717, 1.165) is 0 Å². The smallest absolute Gasteiger partial charge is 0.224 e. The normalized spacial score (nSPS) is 22.1. The molecule has 2 atom stereocenters. The third-order valence-electron chi connectivity index (χ3n) is 4.36. The van der Waals surface area contributed by atoms with Gasteiger partial charge in [0, 0.05) is 31.9 Å². The van der Waals surface area contributed by atoms with Crippen LogP contribution < -0.4 is 10.0 Å². The third kappa shape index (κ3) is 6.86. The molecule has 0 aromatic carbocycles. The number of aromatic nitrogens is 2. The van der Waals surface area contributed by atoms with Crippen molar-refractivity contribution in [1.29, 1.82) is 0 Å². The summed E-state index contributed by atoms with van der Waals surface area (Å²) in [5.41, 5.74) is 0. The van der Waals surface area contributed by atoms with E-state index in [4.69, 9.17) is 11.6 Å². The van der Waals surface area contributed by atoms with Crippen molar-refractivity contribution in [3.05, 3.63) is 17.4 Å². The van der Waals surface area contributed by atoms with Crippen LogP contribution in [-0.4, -0.2) is 67.5 Å². The molecule has 0 aliphatic carbocycles. The Bertz CT molecular complexity index is 694. The number of likely N-dealkylation sites (N-methyl/N-ethyl adjacent to an activating group) is 1. The average molecular weight is 406 g/mol. The zero-order valence-electron chi connectivity index (χ0n) is 15.3. The van der Waals surface area contributed by atoms with Crippen molar-refractivity contribution in [2.45, 2.75) is 38.8 Å². The Morgan fingerprint density at radius 3 is 2.81 bits per heavy atom. The second-order valence-electron chi connectivity index (χ2n) is 6.84. The van der Waals surface area contributed by atoms with Gasteiger partial charge in [0.2, 0.25) is 15.9 Å². The number of sulfonamides is 1. The zero-order valence-corrected chi connectivity index (χ0v) is 16.9. The number of hydrogen-bond donors (Lipinski definition) is 2. The number of nitrogens with one attached hydrogen (secondary N) is 2. The predicted octanol–water partition coefficient (Wildman–Crippen LogP) is 0.693. The Kier molecular flexibility index (Phi) is 7.87. The summed E-state index contributed by atoms with van der Waals surface area (Å²) >= 11 is 5.81. The van der Waals surface area contributed by atoms with Crippen LogP contribution in [0.3, 0.4) is 0 Å². The van der Waals surface area contributed by atoms with Crippen LogP contribution >= 0.6 is 11.6 Å². The molecule has 0 saturated carbocycles. The van der Waals surface area contributed by atoms with Crippen LogP contribution in [0.25, 0.3) is 0 Å². The van der Waals surface area contributed by atoms with Crippen molar-refractivity contribution in [2.75, 3.05) is 32.4 Å². The van der Waals surface area contributed by atoms with Gasteiger partial charge in [0.05, 0.1) is 29.4 Å². The van der Waals surface area contributed by atoms with Gasteiger partial charge in [0.25, 0.3) is 0 Å². The molecule has 0 radical (unpaired) electrons. The molecule has 1 aliphatic heterocycles. The first-order valence-electron chi connectivity index (χ1n) is 8.93.